The van der Waals surface area contributed by atoms with Crippen molar-refractivity contribution in [3.8, 4) is 0 Å². The van der Waals surface area contributed by atoms with Crippen LogP contribution in [0, 0.1) is 0 Å². The molecule has 90 valence electrons. The lowest BCUT2D eigenvalue weighted by Gasteiger charge is -2.27. The molecule has 3 heteroatoms. The standard InChI is InChI=1S/C13H22N2S/c1-11(7-8-16-3)15(2)13-6-4-5-12(9-13)10-14/h4-6,9,11H,7-8,10,14H2,1-3H3. The van der Waals surface area contributed by atoms with Crippen LogP contribution in [-0.2, 0) is 6.54 Å². The smallest absolute Gasteiger partial charge is 0.0369 e. The van der Waals surface area contributed by atoms with Crippen molar-refractivity contribution in [3.05, 3.63) is 29.8 Å². The Morgan fingerprint density at radius 1 is 1.44 bits per heavy atom. The third-order valence-electron chi connectivity index (χ3n) is 2.95. The highest BCUT2D eigenvalue weighted by atomic mass is 32.2. The van der Waals surface area contributed by atoms with Gasteiger partial charge in [-0.05, 0) is 43.0 Å². The third-order valence-corrected chi connectivity index (χ3v) is 3.60. The molecule has 1 rings (SSSR count). The minimum atomic E-state index is 0.570. The van der Waals surface area contributed by atoms with Crippen LogP contribution in [-0.4, -0.2) is 25.1 Å². The fourth-order valence-electron chi connectivity index (χ4n) is 1.64. The predicted molar refractivity (Wildman–Crippen MR) is 75.2 cm³/mol. The SMILES string of the molecule is CSCCC(C)N(C)c1cccc(CN)c1. The molecule has 0 amide bonds. The van der Waals surface area contributed by atoms with E-state index in [1.165, 1.54) is 23.4 Å². The Labute approximate surface area is 103 Å². The lowest BCUT2D eigenvalue weighted by atomic mass is 10.1. The van der Waals surface area contributed by atoms with Gasteiger partial charge < -0.3 is 10.6 Å². The second-order valence-electron chi connectivity index (χ2n) is 4.12. The van der Waals surface area contributed by atoms with Crippen molar-refractivity contribution >= 4 is 17.4 Å². The molecule has 16 heavy (non-hydrogen) atoms. The lowest BCUT2D eigenvalue weighted by Crippen LogP contribution is -2.29. The van der Waals surface area contributed by atoms with Crippen molar-refractivity contribution in [3.63, 3.8) is 0 Å². The first-order valence-corrected chi connectivity index (χ1v) is 7.09. The number of rotatable bonds is 6. The minimum Gasteiger partial charge on any atom is -0.372 e. The first-order chi connectivity index (χ1) is 7.69. The van der Waals surface area contributed by atoms with Crippen molar-refractivity contribution < 1.29 is 0 Å². The van der Waals surface area contributed by atoms with Crippen LogP contribution in [0.15, 0.2) is 24.3 Å². The van der Waals surface area contributed by atoms with Gasteiger partial charge in [0, 0.05) is 25.3 Å². The Hall–Kier alpha value is -0.670. The predicted octanol–water partition coefficient (Wildman–Crippen LogP) is 2.72. The molecule has 1 atom stereocenters. The number of nitrogens with two attached hydrogens (primary N) is 1. The lowest BCUT2D eigenvalue weighted by molar-refractivity contribution is 0.669. The third kappa shape index (κ3) is 3.72. The van der Waals surface area contributed by atoms with Crippen LogP contribution < -0.4 is 10.6 Å². The molecule has 0 bridgehead atoms. The van der Waals surface area contributed by atoms with E-state index in [4.69, 9.17) is 5.73 Å². The molecule has 0 saturated heterocycles. The normalized spacial score (nSPS) is 12.5. The van der Waals surface area contributed by atoms with E-state index >= 15 is 0 Å². The van der Waals surface area contributed by atoms with E-state index in [1.807, 2.05) is 11.8 Å². The summed E-state index contributed by atoms with van der Waals surface area (Å²) in [5.74, 6) is 1.21. The van der Waals surface area contributed by atoms with E-state index in [1.54, 1.807) is 0 Å². The molecule has 0 saturated carbocycles. The molecule has 0 aliphatic heterocycles. The monoisotopic (exact) mass is 238 g/mol. The highest BCUT2D eigenvalue weighted by molar-refractivity contribution is 7.98. The van der Waals surface area contributed by atoms with Crippen LogP contribution in [0.25, 0.3) is 0 Å². The van der Waals surface area contributed by atoms with E-state index < -0.39 is 0 Å². The number of benzene rings is 1. The zero-order valence-electron chi connectivity index (χ0n) is 10.4. The number of hydrogen-bond donors (Lipinski definition) is 1. The fourth-order valence-corrected chi connectivity index (χ4v) is 2.22. The Kier molecular flexibility index (Phi) is 5.71. The maximum absolute atomic E-state index is 5.65. The van der Waals surface area contributed by atoms with Gasteiger partial charge in [-0.3, -0.25) is 0 Å². The highest BCUT2D eigenvalue weighted by Crippen LogP contribution is 2.18. The zero-order valence-corrected chi connectivity index (χ0v) is 11.3. The fraction of sp³-hybridized carbons (Fsp3) is 0.538. The molecule has 2 N–H and O–H groups in total. The first kappa shape index (κ1) is 13.4. The quantitative estimate of drug-likeness (QED) is 0.826. The van der Waals surface area contributed by atoms with Crippen LogP contribution in [0.5, 0.6) is 0 Å². The maximum atomic E-state index is 5.65. The van der Waals surface area contributed by atoms with Gasteiger partial charge >= 0.3 is 0 Å². The molecule has 0 spiro atoms. The molecular formula is C13H22N2S. The summed E-state index contributed by atoms with van der Waals surface area (Å²) in [6, 6.07) is 9.05. The Morgan fingerprint density at radius 2 is 2.19 bits per heavy atom. The van der Waals surface area contributed by atoms with Gasteiger partial charge in [0.1, 0.15) is 0 Å². The second kappa shape index (κ2) is 6.81. The topological polar surface area (TPSA) is 29.3 Å². The molecule has 1 aromatic rings. The molecule has 0 heterocycles. The van der Waals surface area contributed by atoms with Crippen LogP contribution in [0.4, 0.5) is 5.69 Å². The van der Waals surface area contributed by atoms with Crippen LogP contribution >= 0.6 is 11.8 Å². The van der Waals surface area contributed by atoms with E-state index in [0.29, 0.717) is 12.6 Å². The maximum Gasteiger partial charge on any atom is 0.0369 e. The summed E-state index contributed by atoms with van der Waals surface area (Å²) >= 11 is 1.90. The van der Waals surface area contributed by atoms with E-state index in [9.17, 15) is 0 Å². The van der Waals surface area contributed by atoms with E-state index in [-0.39, 0.29) is 0 Å². The van der Waals surface area contributed by atoms with Crippen LogP contribution in [0.3, 0.4) is 0 Å². The summed E-state index contributed by atoms with van der Waals surface area (Å²) in [5, 5.41) is 0. The average molecular weight is 238 g/mol. The van der Waals surface area contributed by atoms with Gasteiger partial charge in [-0.2, -0.15) is 11.8 Å². The van der Waals surface area contributed by atoms with Crippen molar-refractivity contribution in [2.24, 2.45) is 5.73 Å². The minimum absolute atomic E-state index is 0.570. The molecule has 0 aliphatic carbocycles. The molecule has 1 aromatic carbocycles. The number of nitrogens with zero attached hydrogens (tertiary/aromatic N) is 1. The largest absolute Gasteiger partial charge is 0.372 e. The number of hydrogen-bond acceptors (Lipinski definition) is 3. The summed E-state index contributed by atoms with van der Waals surface area (Å²) < 4.78 is 0. The van der Waals surface area contributed by atoms with Crippen molar-refractivity contribution in [2.45, 2.75) is 25.9 Å². The molecular weight excluding hydrogens is 216 g/mol. The van der Waals surface area contributed by atoms with Gasteiger partial charge in [-0.1, -0.05) is 12.1 Å². The Bertz CT molecular complexity index is 315. The van der Waals surface area contributed by atoms with Crippen LogP contribution in [0.2, 0.25) is 0 Å². The molecule has 0 fully saturated rings. The summed E-state index contributed by atoms with van der Waals surface area (Å²) in [7, 11) is 2.15. The van der Waals surface area contributed by atoms with E-state index in [0.717, 1.165) is 0 Å². The summed E-state index contributed by atoms with van der Waals surface area (Å²) in [4.78, 5) is 2.33. The second-order valence-corrected chi connectivity index (χ2v) is 5.10. The number of thioether (sulfide) groups is 1. The molecule has 0 aliphatic rings. The van der Waals surface area contributed by atoms with Gasteiger partial charge in [0.05, 0.1) is 0 Å². The van der Waals surface area contributed by atoms with Gasteiger partial charge in [0.25, 0.3) is 0 Å². The van der Waals surface area contributed by atoms with Crippen LogP contribution in [0.1, 0.15) is 18.9 Å². The highest BCUT2D eigenvalue weighted by Gasteiger charge is 2.09. The zero-order chi connectivity index (χ0) is 12.0. The summed E-state index contributed by atoms with van der Waals surface area (Å²) in [6.07, 6.45) is 3.37. The van der Waals surface area contributed by atoms with Gasteiger partial charge in [-0.25, -0.2) is 0 Å². The Balaban J connectivity index is 2.67. The van der Waals surface area contributed by atoms with Crippen molar-refractivity contribution in [1.82, 2.24) is 0 Å². The Morgan fingerprint density at radius 3 is 2.81 bits per heavy atom. The molecule has 0 radical (unpaired) electrons. The summed E-state index contributed by atoms with van der Waals surface area (Å²) in [5.41, 5.74) is 8.11. The average Bonchev–Trinajstić information content (AvgIpc) is 2.35. The first-order valence-electron chi connectivity index (χ1n) is 5.69. The number of anilines is 1. The van der Waals surface area contributed by atoms with Gasteiger partial charge in [0.15, 0.2) is 0 Å². The van der Waals surface area contributed by atoms with Crippen molar-refractivity contribution in [2.75, 3.05) is 24.0 Å². The van der Waals surface area contributed by atoms with Crippen molar-refractivity contribution in [1.29, 1.82) is 0 Å². The molecule has 1 unspecified atom stereocenters. The van der Waals surface area contributed by atoms with Gasteiger partial charge in [0.2, 0.25) is 0 Å². The van der Waals surface area contributed by atoms with E-state index in [2.05, 4.69) is 49.4 Å². The summed E-state index contributed by atoms with van der Waals surface area (Å²) in [6.45, 7) is 2.88. The molecule has 0 aromatic heterocycles. The van der Waals surface area contributed by atoms with Gasteiger partial charge in [-0.15, -0.1) is 0 Å². The molecule has 2 nitrogen and oxygen atoms in total.